The molecule has 1 N–H and O–H groups in total. The van der Waals surface area contributed by atoms with Gasteiger partial charge in [-0.3, -0.25) is 4.79 Å². The van der Waals surface area contributed by atoms with Crippen molar-refractivity contribution in [3.8, 4) is 0 Å². The number of rotatable bonds is 9. The predicted octanol–water partition coefficient (Wildman–Crippen LogP) is 3.40. The first kappa shape index (κ1) is 24.2. The first-order valence-electron chi connectivity index (χ1n) is 10.5. The molecule has 0 aliphatic rings. The molecule has 0 spiro atoms. The van der Waals surface area contributed by atoms with Gasteiger partial charge < -0.3 is 4.90 Å². The molecular formula is C25H28N4O3S. The van der Waals surface area contributed by atoms with Gasteiger partial charge in [0.15, 0.2) is 0 Å². The van der Waals surface area contributed by atoms with E-state index in [1.165, 1.54) is 6.21 Å². The molecule has 0 heterocycles. The van der Waals surface area contributed by atoms with E-state index in [0.717, 1.165) is 26.7 Å². The molecule has 0 radical (unpaired) electrons. The van der Waals surface area contributed by atoms with E-state index in [0.29, 0.717) is 0 Å². The SMILES string of the molecule is Cc1ccc(S(=O)(=O)N(CC(=O)N/N=C\c2ccc(N(C)C)cc2)Cc2ccccc2)cc1. The van der Waals surface area contributed by atoms with E-state index in [9.17, 15) is 13.2 Å². The Morgan fingerprint density at radius 3 is 2.18 bits per heavy atom. The van der Waals surface area contributed by atoms with E-state index in [2.05, 4.69) is 10.5 Å². The zero-order valence-corrected chi connectivity index (χ0v) is 19.8. The summed E-state index contributed by atoms with van der Waals surface area (Å²) in [6, 6.07) is 23.4. The quantitative estimate of drug-likeness (QED) is 0.389. The number of benzene rings is 3. The molecule has 3 aromatic carbocycles. The molecule has 0 aliphatic heterocycles. The molecule has 0 bridgehead atoms. The first-order valence-corrected chi connectivity index (χ1v) is 11.9. The maximum absolute atomic E-state index is 13.3. The van der Waals surface area contributed by atoms with Gasteiger partial charge in [0.25, 0.3) is 5.91 Å². The van der Waals surface area contributed by atoms with E-state index < -0.39 is 15.9 Å². The van der Waals surface area contributed by atoms with Crippen molar-refractivity contribution in [3.63, 3.8) is 0 Å². The monoisotopic (exact) mass is 464 g/mol. The standard InChI is InChI=1S/C25H28N4O3S/c1-20-9-15-24(16-10-20)33(31,32)29(18-22-7-5-4-6-8-22)19-25(30)27-26-17-21-11-13-23(14-12-21)28(2)3/h4-17H,18-19H2,1-3H3,(H,27,30)/b26-17-. The largest absolute Gasteiger partial charge is 0.378 e. The van der Waals surface area contributed by atoms with Crippen molar-refractivity contribution in [2.45, 2.75) is 18.4 Å². The van der Waals surface area contributed by atoms with Crippen molar-refractivity contribution < 1.29 is 13.2 Å². The highest BCUT2D eigenvalue weighted by molar-refractivity contribution is 7.89. The van der Waals surface area contributed by atoms with Crippen LogP contribution in [0.5, 0.6) is 0 Å². The molecule has 0 unspecified atom stereocenters. The number of nitrogens with one attached hydrogen (secondary N) is 1. The summed E-state index contributed by atoms with van der Waals surface area (Å²) in [7, 11) is 0.0218. The molecule has 1 amide bonds. The zero-order valence-electron chi connectivity index (χ0n) is 19.0. The van der Waals surface area contributed by atoms with Gasteiger partial charge in [0.2, 0.25) is 10.0 Å². The number of sulfonamides is 1. The summed E-state index contributed by atoms with van der Waals surface area (Å²) in [5, 5.41) is 3.98. The van der Waals surface area contributed by atoms with Crippen molar-refractivity contribution in [3.05, 3.63) is 95.6 Å². The van der Waals surface area contributed by atoms with E-state index in [1.807, 2.05) is 80.5 Å². The smallest absolute Gasteiger partial charge is 0.255 e. The van der Waals surface area contributed by atoms with Gasteiger partial charge in [0.05, 0.1) is 17.7 Å². The first-order chi connectivity index (χ1) is 15.8. The highest BCUT2D eigenvalue weighted by atomic mass is 32.2. The van der Waals surface area contributed by atoms with E-state index in [1.54, 1.807) is 24.3 Å². The number of amides is 1. The zero-order chi connectivity index (χ0) is 23.8. The minimum Gasteiger partial charge on any atom is -0.378 e. The Bertz CT molecular complexity index is 1190. The summed E-state index contributed by atoms with van der Waals surface area (Å²) in [5.74, 6) is -0.525. The summed E-state index contributed by atoms with van der Waals surface area (Å²) in [5.41, 5.74) is 6.03. The molecular weight excluding hydrogens is 436 g/mol. The van der Waals surface area contributed by atoms with Gasteiger partial charge in [0.1, 0.15) is 0 Å². The van der Waals surface area contributed by atoms with Gasteiger partial charge in [0, 0.05) is 26.3 Å². The lowest BCUT2D eigenvalue weighted by atomic mass is 10.2. The number of aryl methyl sites for hydroxylation is 1. The molecule has 0 fully saturated rings. The van der Waals surface area contributed by atoms with Crippen LogP contribution in [0.4, 0.5) is 5.69 Å². The number of hydrogen-bond donors (Lipinski definition) is 1. The van der Waals surface area contributed by atoms with Crippen LogP contribution >= 0.6 is 0 Å². The summed E-state index contributed by atoms with van der Waals surface area (Å²) >= 11 is 0. The predicted molar refractivity (Wildman–Crippen MR) is 132 cm³/mol. The maximum Gasteiger partial charge on any atom is 0.255 e. The maximum atomic E-state index is 13.3. The van der Waals surface area contributed by atoms with E-state index in [-0.39, 0.29) is 18.0 Å². The summed E-state index contributed by atoms with van der Waals surface area (Å²) < 4.78 is 27.7. The Balaban J connectivity index is 1.73. The summed E-state index contributed by atoms with van der Waals surface area (Å²) in [6.45, 7) is 1.60. The molecule has 8 heteroatoms. The average molecular weight is 465 g/mol. The number of hydrazone groups is 1. The van der Waals surface area contributed by atoms with Crippen LogP contribution in [0.3, 0.4) is 0 Å². The molecule has 3 aromatic rings. The molecule has 0 aromatic heterocycles. The number of anilines is 1. The van der Waals surface area contributed by atoms with Gasteiger partial charge in [-0.25, -0.2) is 13.8 Å². The van der Waals surface area contributed by atoms with Crippen molar-refractivity contribution >= 4 is 27.8 Å². The Kier molecular flexibility index (Phi) is 7.97. The fraction of sp³-hybridized carbons (Fsp3) is 0.200. The number of carbonyl (C=O) groups excluding carboxylic acids is 1. The molecule has 0 saturated carbocycles. The normalized spacial score (nSPS) is 11.6. The molecule has 33 heavy (non-hydrogen) atoms. The highest BCUT2D eigenvalue weighted by Crippen LogP contribution is 2.19. The van der Waals surface area contributed by atoms with Gasteiger partial charge in [-0.15, -0.1) is 0 Å². The molecule has 0 saturated heterocycles. The molecule has 0 atom stereocenters. The third-order valence-electron chi connectivity index (χ3n) is 4.99. The van der Waals surface area contributed by atoms with Crippen molar-refractivity contribution in [1.82, 2.24) is 9.73 Å². The van der Waals surface area contributed by atoms with Crippen molar-refractivity contribution in [2.24, 2.45) is 5.10 Å². The second-order valence-electron chi connectivity index (χ2n) is 7.85. The lowest BCUT2D eigenvalue weighted by Crippen LogP contribution is -2.39. The van der Waals surface area contributed by atoms with Crippen molar-refractivity contribution in [1.29, 1.82) is 0 Å². The second kappa shape index (κ2) is 10.9. The molecule has 172 valence electrons. The fourth-order valence-corrected chi connectivity index (χ4v) is 4.49. The van der Waals surface area contributed by atoms with Gasteiger partial charge >= 0.3 is 0 Å². The Hall–Kier alpha value is -3.49. The Morgan fingerprint density at radius 1 is 0.939 bits per heavy atom. The van der Waals surface area contributed by atoms with Crippen molar-refractivity contribution in [2.75, 3.05) is 25.5 Å². The minimum atomic E-state index is -3.89. The van der Waals surface area contributed by atoms with E-state index >= 15 is 0 Å². The fourth-order valence-electron chi connectivity index (χ4n) is 3.11. The molecule has 7 nitrogen and oxygen atoms in total. The average Bonchev–Trinajstić information content (AvgIpc) is 2.80. The van der Waals surface area contributed by atoms with Gasteiger partial charge in [-0.05, 0) is 42.3 Å². The third-order valence-corrected chi connectivity index (χ3v) is 6.80. The lowest BCUT2D eigenvalue weighted by Gasteiger charge is -2.21. The lowest BCUT2D eigenvalue weighted by molar-refractivity contribution is -0.121. The second-order valence-corrected chi connectivity index (χ2v) is 9.79. The molecule has 0 aliphatic carbocycles. The van der Waals surface area contributed by atoms with Crippen LogP contribution in [0.25, 0.3) is 0 Å². The minimum absolute atomic E-state index is 0.0696. The summed E-state index contributed by atoms with van der Waals surface area (Å²) in [4.78, 5) is 14.7. The third kappa shape index (κ3) is 6.74. The van der Waals surface area contributed by atoms with Crippen LogP contribution < -0.4 is 10.3 Å². The van der Waals surface area contributed by atoms with Crippen LogP contribution in [-0.4, -0.2) is 45.5 Å². The number of carbonyl (C=O) groups is 1. The number of hydrogen-bond acceptors (Lipinski definition) is 5. The van der Waals surface area contributed by atoms with Gasteiger partial charge in [-0.2, -0.15) is 9.41 Å². The highest BCUT2D eigenvalue weighted by Gasteiger charge is 2.26. The van der Waals surface area contributed by atoms with Crippen LogP contribution in [0.1, 0.15) is 16.7 Å². The Labute approximate surface area is 195 Å². The van der Waals surface area contributed by atoms with Crippen LogP contribution in [0.15, 0.2) is 88.9 Å². The topological polar surface area (TPSA) is 82.1 Å². The van der Waals surface area contributed by atoms with Crippen LogP contribution in [-0.2, 0) is 21.4 Å². The van der Waals surface area contributed by atoms with E-state index in [4.69, 9.17) is 0 Å². The Morgan fingerprint density at radius 2 is 1.58 bits per heavy atom. The van der Waals surface area contributed by atoms with Gasteiger partial charge in [-0.1, -0.05) is 60.2 Å². The summed E-state index contributed by atoms with van der Waals surface area (Å²) in [6.07, 6.45) is 1.52. The van der Waals surface area contributed by atoms with Crippen LogP contribution in [0, 0.1) is 6.92 Å². The molecule has 3 rings (SSSR count). The number of nitrogens with zero attached hydrogens (tertiary/aromatic N) is 3. The van der Waals surface area contributed by atoms with Crippen LogP contribution in [0.2, 0.25) is 0 Å².